The first-order chi connectivity index (χ1) is 8.55. The summed E-state index contributed by atoms with van der Waals surface area (Å²) in [4.78, 5) is 0. The largest absolute Gasteiger partial charge is 0.416 e. The Morgan fingerprint density at radius 2 is 1.94 bits per heavy atom. The van der Waals surface area contributed by atoms with Gasteiger partial charge in [-0.05, 0) is 50.1 Å². The second-order valence-corrected chi connectivity index (χ2v) is 4.58. The molecule has 0 amide bonds. The van der Waals surface area contributed by atoms with Crippen molar-refractivity contribution in [1.82, 2.24) is 5.32 Å². The fraction of sp³-hybridized carbons (Fsp3) is 0.538. The van der Waals surface area contributed by atoms with E-state index in [9.17, 15) is 13.2 Å². The van der Waals surface area contributed by atoms with E-state index >= 15 is 0 Å². The molecule has 1 aliphatic rings. The van der Waals surface area contributed by atoms with Crippen molar-refractivity contribution in [2.24, 2.45) is 0 Å². The lowest BCUT2D eigenvalue weighted by atomic mass is 10.1. The van der Waals surface area contributed by atoms with Gasteiger partial charge in [0.05, 0.1) is 5.56 Å². The number of hydrogen-bond acceptors (Lipinski definition) is 2. The molecule has 0 radical (unpaired) electrons. The van der Waals surface area contributed by atoms with Crippen molar-refractivity contribution in [2.75, 3.05) is 18.4 Å². The van der Waals surface area contributed by atoms with E-state index in [0.717, 1.165) is 37.3 Å². The Morgan fingerprint density at radius 3 is 2.50 bits per heavy atom. The minimum atomic E-state index is -4.26. The minimum Gasteiger partial charge on any atom is -0.385 e. The fourth-order valence-electron chi connectivity index (χ4n) is 2.17. The summed E-state index contributed by atoms with van der Waals surface area (Å²) < 4.78 is 37.0. The van der Waals surface area contributed by atoms with Gasteiger partial charge in [-0.15, -0.1) is 0 Å². The molecule has 1 heterocycles. The van der Waals surface area contributed by atoms with Crippen LogP contribution in [0.5, 0.6) is 0 Å². The van der Waals surface area contributed by atoms with Crippen LogP contribution in [-0.2, 0) is 6.18 Å². The molecule has 0 spiro atoms. The van der Waals surface area contributed by atoms with E-state index in [1.807, 2.05) is 0 Å². The average molecular weight is 258 g/mol. The molecule has 5 heteroatoms. The third-order valence-corrected chi connectivity index (χ3v) is 3.20. The van der Waals surface area contributed by atoms with Crippen LogP contribution in [0.3, 0.4) is 0 Å². The molecule has 1 saturated heterocycles. The molecule has 1 aliphatic heterocycles. The highest BCUT2D eigenvalue weighted by Crippen LogP contribution is 2.29. The quantitative estimate of drug-likeness (QED) is 0.866. The van der Waals surface area contributed by atoms with E-state index in [4.69, 9.17) is 0 Å². The molecule has 2 N–H and O–H groups in total. The predicted octanol–water partition coefficient (Wildman–Crippen LogP) is 3.26. The van der Waals surface area contributed by atoms with E-state index in [1.54, 1.807) is 0 Å². The Hall–Kier alpha value is -1.23. The van der Waals surface area contributed by atoms with Crippen molar-refractivity contribution in [2.45, 2.75) is 31.5 Å². The monoisotopic (exact) mass is 258 g/mol. The molecule has 2 nitrogen and oxygen atoms in total. The molecular weight excluding hydrogens is 241 g/mol. The summed E-state index contributed by atoms with van der Waals surface area (Å²) in [6.07, 6.45) is -0.854. The number of anilines is 1. The van der Waals surface area contributed by atoms with Gasteiger partial charge in [-0.3, -0.25) is 0 Å². The van der Waals surface area contributed by atoms with Crippen LogP contribution < -0.4 is 10.6 Å². The van der Waals surface area contributed by atoms with Gasteiger partial charge in [-0.25, -0.2) is 0 Å². The van der Waals surface area contributed by atoms with Gasteiger partial charge in [-0.1, -0.05) is 0 Å². The van der Waals surface area contributed by atoms with Crippen LogP contribution in [0.15, 0.2) is 24.3 Å². The van der Waals surface area contributed by atoms with Crippen LogP contribution in [0.2, 0.25) is 0 Å². The summed E-state index contributed by atoms with van der Waals surface area (Å²) in [6.45, 7) is 1.86. The van der Waals surface area contributed by atoms with Crippen molar-refractivity contribution < 1.29 is 13.2 Å². The SMILES string of the molecule is FC(F)(F)c1ccc(NCC[C@@H]2CCCN2)cc1. The number of hydrogen-bond donors (Lipinski definition) is 2. The van der Waals surface area contributed by atoms with Gasteiger partial charge in [-0.2, -0.15) is 13.2 Å². The first-order valence-corrected chi connectivity index (χ1v) is 6.20. The molecule has 0 aliphatic carbocycles. The van der Waals surface area contributed by atoms with E-state index in [1.165, 1.54) is 25.0 Å². The van der Waals surface area contributed by atoms with Crippen LogP contribution in [0, 0.1) is 0 Å². The van der Waals surface area contributed by atoms with Gasteiger partial charge >= 0.3 is 6.18 Å². The van der Waals surface area contributed by atoms with Gasteiger partial charge in [0, 0.05) is 18.3 Å². The molecule has 0 unspecified atom stereocenters. The molecule has 100 valence electrons. The van der Waals surface area contributed by atoms with Gasteiger partial charge in [0.1, 0.15) is 0 Å². The lowest BCUT2D eigenvalue weighted by molar-refractivity contribution is -0.137. The lowest BCUT2D eigenvalue weighted by Gasteiger charge is -2.12. The zero-order valence-corrected chi connectivity index (χ0v) is 10.1. The Labute approximate surface area is 105 Å². The number of halogens is 3. The highest BCUT2D eigenvalue weighted by molar-refractivity contribution is 5.45. The molecule has 1 aromatic rings. The maximum absolute atomic E-state index is 12.3. The number of alkyl halides is 3. The van der Waals surface area contributed by atoms with Crippen molar-refractivity contribution in [1.29, 1.82) is 0 Å². The van der Waals surface area contributed by atoms with E-state index < -0.39 is 11.7 Å². The Balaban J connectivity index is 1.79. The van der Waals surface area contributed by atoms with E-state index in [-0.39, 0.29) is 0 Å². The molecule has 1 fully saturated rings. The maximum Gasteiger partial charge on any atom is 0.416 e. The van der Waals surface area contributed by atoms with Gasteiger partial charge in [0.25, 0.3) is 0 Å². The summed E-state index contributed by atoms with van der Waals surface area (Å²) >= 11 is 0. The molecule has 0 saturated carbocycles. The van der Waals surface area contributed by atoms with Crippen molar-refractivity contribution in [3.8, 4) is 0 Å². The zero-order chi connectivity index (χ0) is 13.0. The predicted molar refractivity (Wildman–Crippen MR) is 65.6 cm³/mol. The molecule has 18 heavy (non-hydrogen) atoms. The summed E-state index contributed by atoms with van der Waals surface area (Å²) in [5.41, 5.74) is 0.131. The molecule has 0 bridgehead atoms. The van der Waals surface area contributed by atoms with Gasteiger partial charge in [0.2, 0.25) is 0 Å². The Morgan fingerprint density at radius 1 is 1.22 bits per heavy atom. The van der Waals surface area contributed by atoms with E-state index in [2.05, 4.69) is 10.6 Å². The molecule has 1 aromatic carbocycles. The van der Waals surface area contributed by atoms with Crippen LogP contribution in [0.4, 0.5) is 18.9 Å². The third kappa shape index (κ3) is 3.63. The molecule has 1 atom stereocenters. The van der Waals surface area contributed by atoms with Crippen LogP contribution in [-0.4, -0.2) is 19.1 Å². The smallest absolute Gasteiger partial charge is 0.385 e. The van der Waals surface area contributed by atoms with Crippen molar-refractivity contribution >= 4 is 5.69 Å². The summed E-state index contributed by atoms with van der Waals surface area (Å²) in [7, 11) is 0. The first-order valence-electron chi connectivity index (χ1n) is 6.20. The first kappa shape index (κ1) is 13.2. The average Bonchev–Trinajstić information content (AvgIpc) is 2.82. The highest BCUT2D eigenvalue weighted by Gasteiger charge is 2.29. The molecular formula is C13H17F3N2. The second kappa shape index (κ2) is 5.61. The summed E-state index contributed by atoms with van der Waals surface area (Å²) in [6, 6.07) is 5.72. The normalized spacial score (nSPS) is 20.1. The highest BCUT2D eigenvalue weighted by atomic mass is 19.4. The number of nitrogens with one attached hydrogen (secondary N) is 2. The maximum atomic E-state index is 12.3. The van der Waals surface area contributed by atoms with Gasteiger partial charge < -0.3 is 10.6 Å². The van der Waals surface area contributed by atoms with E-state index in [0.29, 0.717) is 6.04 Å². The van der Waals surface area contributed by atoms with Crippen LogP contribution >= 0.6 is 0 Å². The van der Waals surface area contributed by atoms with Crippen molar-refractivity contribution in [3.63, 3.8) is 0 Å². The zero-order valence-electron chi connectivity index (χ0n) is 10.1. The summed E-state index contributed by atoms with van der Waals surface area (Å²) in [5.74, 6) is 0. The molecule has 2 rings (SSSR count). The van der Waals surface area contributed by atoms with Crippen LogP contribution in [0.1, 0.15) is 24.8 Å². The summed E-state index contributed by atoms with van der Waals surface area (Å²) in [5, 5.41) is 6.53. The van der Waals surface area contributed by atoms with Gasteiger partial charge in [0.15, 0.2) is 0 Å². The number of rotatable bonds is 4. The standard InChI is InChI=1S/C13H17F3N2/c14-13(15,16)10-3-5-12(6-4-10)18-9-7-11-2-1-8-17-11/h3-6,11,17-18H,1-2,7-9H2/t11-/m0/s1. The number of benzene rings is 1. The second-order valence-electron chi connectivity index (χ2n) is 4.58. The lowest BCUT2D eigenvalue weighted by Crippen LogP contribution is -2.24. The Bertz CT molecular complexity index is 367. The minimum absolute atomic E-state index is 0.548. The Kier molecular flexibility index (Phi) is 4.11. The molecule has 0 aromatic heterocycles. The fourth-order valence-corrected chi connectivity index (χ4v) is 2.17. The third-order valence-electron chi connectivity index (χ3n) is 3.20. The van der Waals surface area contributed by atoms with Crippen molar-refractivity contribution in [3.05, 3.63) is 29.8 Å². The van der Waals surface area contributed by atoms with Crippen LogP contribution in [0.25, 0.3) is 0 Å². The topological polar surface area (TPSA) is 24.1 Å².